The molecule has 0 aromatic heterocycles. The second kappa shape index (κ2) is 13.4. The molecule has 2 aromatic rings. The van der Waals surface area contributed by atoms with Gasteiger partial charge in [-0.05, 0) is 87.1 Å². The number of ether oxygens (including phenoxy) is 2. The van der Waals surface area contributed by atoms with E-state index in [1.807, 2.05) is 56.0 Å². The van der Waals surface area contributed by atoms with Crippen LogP contribution in [0.1, 0.15) is 71.3 Å². The highest BCUT2D eigenvalue weighted by Gasteiger charge is 2.41. The van der Waals surface area contributed by atoms with Gasteiger partial charge in [-0.1, -0.05) is 56.6 Å². The molecule has 232 valence electrons. The van der Waals surface area contributed by atoms with E-state index in [-0.39, 0.29) is 35.7 Å². The number of benzene rings is 2. The largest absolute Gasteiger partial charge is 0.469 e. The first-order valence-corrected chi connectivity index (χ1v) is 18.1. The van der Waals surface area contributed by atoms with Gasteiger partial charge in [0.05, 0.1) is 26.2 Å². The zero-order valence-electron chi connectivity index (χ0n) is 27.0. The molecule has 1 unspecified atom stereocenters. The van der Waals surface area contributed by atoms with Crippen molar-refractivity contribution in [1.82, 2.24) is 4.90 Å². The molecule has 0 radical (unpaired) electrons. The third kappa shape index (κ3) is 8.98. The summed E-state index contributed by atoms with van der Waals surface area (Å²) >= 11 is 6.43. The minimum atomic E-state index is -2.22. The van der Waals surface area contributed by atoms with Gasteiger partial charge in [0.25, 0.3) is 0 Å². The Hall–Kier alpha value is -2.55. The van der Waals surface area contributed by atoms with Crippen LogP contribution in [-0.4, -0.2) is 63.7 Å². The number of esters is 1. The summed E-state index contributed by atoms with van der Waals surface area (Å²) in [6, 6.07) is 13.7. The maximum atomic E-state index is 13.8. The average Bonchev–Trinajstić information content (AvgIpc) is 3.26. The van der Waals surface area contributed by atoms with Gasteiger partial charge in [0.15, 0.2) is 8.32 Å². The number of hydrogen-bond acceptors (Lipinski definition) is 6. The Balaban J connectivity index is 1.91. The first-order valence-electron chi connectivity index (χ1n) is 14.8. The third-order valence-electron chi connectivity index (χ3n) is 8.18. The van der Waals surface area contributed by atoms with Crippen LogP contribution in [0.15, 0.2) is 42.5 Å². The average molecular weight is 617 g/mol. The van der Waals surface area contributed by atoms with Crippen LogP contribution >= 0.6 is 11.6 Å². The van der Waals surface area contributed by atoms with E-state index in [2.05, 4.69) is 57.8 Å². The lowest BCUT2D eigenvalue weighted by atomic mass is 10.1. The van der Waals surface area contributed by atoms with Crippen molar-refractivity contribution in [3.05, 3.63) is 64.2 Å². The van der Waals surface area contributed by atoms with E-state index in [1.54, 1.807) is 0 Å². The number of carbonyl (C=O) groups excluding carboxylic acids is 2. The molecule has 1 aliphatic rings. The molecule has 0 saturated carbocycles. The van der Waals surface area contributed by atoms with Crippen LogP contribution in [0.2, 0.25) is 23.2 Å². The van der Waals surface area contributed by atoms with Gasteiger partial charge in [0, 0.05) is 29.8 Å². The Morgan fingerprint density at radius 2 is 1.76 bits per heavy atom. The Kier molecular flexibility index (Phi) is 10.8. The Labute approximate surface area is 258 Å². The van der Waals surface area contributed by atoms with Crippen LogP contribution in [0.3, 0.4) is 0 Å². The standard InChI is InChI=1S/C33H49ClN2O5Si/c1-23(21-35-17-16-25-18-24(14-15-28(25)35)19-30(37)39-8)36(31(38)40-32(2,3)4)22-29(26-12-11-13-27(34)20-26)41-42(9,10)33(5,6)7/h11-15,18,20,23,29H,16-17,19,21-22H2,1-10H3/t23?,29-/m0/s1. The molecule has 0 N–H and O–H groups in total. The number of carbonyl (C=O) groups is 2. The molecule has 3 rings (SSSR count). The fourth-order valence-corrected chi connectivity index (χ4v) is 6.34. The van der Waals surface area contributed by atoms with Crippen molar-refractivity contribution in [3.63, 3.8) is 0 Å². The van der Waals surface area contributed by atoms with E-state index in [9.17, 15) is 9.59 Å². The van der Waals surface area contributed by atoms with Gasteiger partial charge in [-0.15, -0.1) is 0 Å². The van der Waals surface area contributed by atoms with Crippen LogP contribution in [0.5, 0.6) is 0 Å². The predicted molar refractivity (Wildman–Crippen MR) is 173 cm³/mol. The minimum Gasteiger partial charge on any atom is -0.469 e. The van der Waals surface area contributed by atoms with Crippen LogP contribution in [0.25, 0.3) is 0 Å². The monoisotopic (exact) mass is 616 g/mol. The first-order chi connectivity index (χ1) is 19.4. The highest BCUT2D eigenvalue weighted by molar-refractivity contribution is 6.74. The van der Waals surface area contributed by atoms with Crippen LogP contribution in [0.4, 0.5) is 10.5 Å². The molecule has 0 saturated heterocycles. The van der Waals surface area contributed by atoms with E-state index in [4.69, 9.17) is 25.5 Å². The van der Waals surface area contributed by atoms with Crippen molar-refractivity contribution < 1.29 is 23.5 Å². The number of fused-ring (bicyclic) bond motifs is 1. The van der Waals surface area contributed by atoms with E-state index >= 15 is 0 Å². The van der Waals surface area contributed by atoms with Gasteiger partial charge in [0.2, 0.25) is 0 Å². The van der Waals surface area contributed by atoms with Gasteiger partial charge in [-0.2, -0.15) is 0 Å². The normalized spacial score (nSPS) is 15.2. The summed E-state index contributed by atoms with van der Waals surface area (Å²) in [6.45, 7) is 20.6. The molecular weight excluding hydrogens is 568 g/mol. The van der Waals surface area contributed by atoms with Crippen LogP contribution in [-0.2, 0) is 31.5 Å². The molecule has 9 heteroatoms. The van der Waals surface area contributed by atoms with Gasteiger partial charge < -0.3 is 23.7 Å². The second-order valence-corrected chi connectivity index (χ2v) is 19.0. The molecule has 0 spiro atoms. The van der Waals surface area contributed by atoms with Crippen LogP contribution in [0, 0.1) is 0 Å². The predicted octanol–water partition coefficient (Wildman–Crippen LogP) is 7.81. The molecular formula is C33H49ClN2O5Si. The quantitative estimate of drug-likeness (QED) is 0.200. The summed E-state index contributed by atoms with van der Waals surface area (Å²) in [5.74, 6) is -0.249. The van der Waals surface area contributed by atoms with Gasteiger partial charge >= 0.3 is 12.1 Å². The van der Waals surface area contributed by atoms with Gasteiger partial charge in [-0.25, -0.2) is 4.79 Å². The molecule has 2 aromatic carbocycles. The van der Waals surface area contributed by atoms with Crippen molar-refractivity contribution in [3.8, 4) is 0 Å². The summed E-state index contributed by atoms with van der Waals surface area (Å²) in [7, 11) is -0.814. The molecule has 1 amide bonds. The van der Waals surface area contributed by atoms with E-state index in [0.29, 0.717) is 18.1 Å². The summed E-state index contributed by atoms with van der Waals surface area (Å²) in [6.07, 6.45) is 0.398. The summed E-state index contributed by atoms with van der Waals surface area (Å²) < 4.78 is 17.7. The smallest absolute Gasteiger partial charge is 0.410 e. The number of amides is 1. The van der Waals surface area contributed by atoms with Crippen molar-refractivity contribution >= 4 is 37.7 Å². The molecule has 0 aliphatic carbocycles. The van der Waals surface area contributed by atoms with Crippen molar-refractivity contribution in [2.24, 2.45) is 0 Å². The Morgan fingerprint density at radius 3 is 2.36 bits per heavy atom. The summed E-state index contributed by atoms with van der Waals surface area (Å²) in [5, 5.41) is 0.617. The number of anilines is 1. The van der Waals surface area contributed by atoms with Crippen molar-refractivity contribution in [2.75, 3.05) is 31.6 Å². The second-order valence-electron chi connectivity index (χ2n) is 13.8. The lowest BCUT2D eigenvalue weighted by Gasteiger charge is -2.42. The molecule has 7 nitrogen and oxygen atoms in total. The molecule has 1 heterocycles. The lowest BCUT2D eigenvalue weighted by molar-refractivity contribution is -0.139. The lowest BCUT2D eigenvalue weighted by Crippen LogP contribution is -2.50. The van der Waals surface area contributed by atoms with Gasteiger partial charge in [0.1, 0.15) is 5.60 Å². The summed E-state index contributed by atoms with van der Waals surface area (Å²) in [5.41, 5.74) is 3.57. The zero-order chi connectivity index (χ0) is 31.5. The first kappa shape index (κ1) is 33.9. The minimum absolute atomic E-state index is 0.0157. The highest BCUT2D eigenvalue weighted by Crippen LogP contribution is 2.40. The number of methoxy groups -OCH3 is 1. The molecule has 0 fully saturated rings. The summed E-state index contributed by atoms with van der Waals surface area (Å²) in [4.78, 5) is 29.7. The Morgan fingerprint density at radius 1 is 1.07 bits per heavy atom. The van der Waals surface area contributed by atoms with Crippen molar-refractivity contribution in [1.29, 1.82) is 0 Å². The topological polar surface area (TPSA) is 68.3 Å². The Bertz CT molecular complexity index is 1250. The van der Waals surface area contributed by atoms with Crippen LogP contribution < -0.4 is 4.90 Å². The fraction of sp³-hybridized carbons (Fsp3) is 0.576. The maximum Gasteiger partial charge on any atom is 0.410 e. The third-order valence-corrected chi connectivity index (χ3v) is 12.9. The van der Waals surface area contributed by atoms with Gasteiger partial charge in [-0.3, -0.25) is 4.79 Å². The SMILES string of the molecule is COC(=O)Cc1ccc2c(c1)CCN2CC(C)N(C[C@H](O[Si](C)(C)C(C)(C)C)c1cccc(Cl)c1)C(=O)OC(C)(C)C. The van der Waals surface area contributed by atoms with E-state index in [0.717, 1.165) is 29.8 Å². The van der Waals surface area contributed by atoms with E-state index < -0.39 is 13.9 Å². The number of hydrogen-bond donors (Lipinski definition) is 0. The molecule has 0 bridgehead atoms. The molecule has 2 atom stereocenters. The number of nitrogens with zero attached hydrogens (tertiary/aromatic N) is 2. The molecule has 1 aliphatic heterocycles. The fourth-order valence-electron chi connectivity index (χ4n) is 4.86. The number of rotatable bonds is 10. The maximum absolute atomic E-state index is 13.8. The van der Waals surface area contributed by atoms with E-state index in [1.165, 1.54) is 12.7 Å². The number of halogens is 1. The highest BCUT2D eigenvalue weighted by atomic mass is 35.5. The molecule has 42 heavy (non-hydrogen) atoms. The zero-order valence-corrected chi connectivity index (χ0v) is 28.8. The van der Waals surface area contributed by atoms with Crippen molar-refractivity contribution in [2.45, 2.75) is 97.2 Å².